The second kappa shape index (κ2) is 9.56. The number of likely N-dealkylation sites (tertiary alicyclic amines) is 2. The molecule has 2 saturated heterocycles. The molecule has 0 saturated carbocycles. The van der Waals surface area contributed by atoms with E-state index in [9.17, 15) is 9.59 Å². The summed E-state index contributed by atoms with van der Waals surface area (Å²) in [4.78, 5) is 33.1. The minimum atomic E-state index is -0.101. The van der Waals surface area contributed by atoms with Crippen molar-refractivity contribution >= 4 is 16.9 Å². The number of imidazole rings is 1. The van der Waals surface area contributed by atoms with Crippen molar-refractivity contribution < 1.29 is 4.79 Å². The molecular weight excluding hydrogens is 412 g/mol. The highest BCUT2D eigenvalue weighted by molar-refractivity contribution is 5.81. The van der Waals surface area contributed by atoms with Gasteiger partial charge in [-0.1, -0.05) is 42.5 Å². The lowest BCUT2D eigenvalue weighted by molar-refractivity contribution is -0.138. The first kappa shape index (κ1) is 22.0. The van der Waals surface area contributed by atoms with Crippen LogP contribution in [0.25, 0.3) is 11.0 Å². The number of aromatic nitrogens is 2. The fraction of sp³-hybridized carbons (Fsp3) is 0.481. The zero-order valence-electron chi connectivity index (χ0n) is 19.5. The van der Waals surface area contributed by atoms with Crippen LogP contribution in [0.2, 0.25) is 0 Å². The number of hydrogen-bond donors (Lipinski definition) is 1. The van der Waals surface area contributed by atoms with Gasteiger partial charge in [0, 0.05) is 32.2 Å². The summed E-state index contributed by atoms with van der Waals surface area (Å²) in [6, 6.07) is 18.6. The lowest BCUT2D eigenvalue weighted by Crippen LogP contribution is -2.51. The van der Waals surface area contributed by atoms with Gasteiger partial charge in [0.05, 0.1) is 17.1 Å². The molecular formula is C27H34N4O2. The van der Waals surface area contributed by atoms with Crippen LogP contribution in [0.3, 0.4) is 0 Å². The summed E-state index contributed by atoms with van der Waals surface area (Å²) in [5.41, 5.74) is 3.23. The summed E-state index contributed by atoms with van der Waals surface area (Å²) >= 11 is 0. The smallest absolute Gasteiger partial charge is 0.326 e. The summed E-state index contributed by atoms with van der Waals surface area (Å²) in [5, 5.41) is 0. The number of carbonyl (C=O) groups is 1. The number of benzene rings is 2. The molecule has 2 aliphatic rings. The third-order valence-electron chi connectivity index (χ3n) is 7.69. The fourth-order valence-electron chi connectivity index (χ4n) is 5.69. The van der Waals surface area contributed by atoms with Gasteiger partial charge >= 0.3 is 5.69 Å². The highest BCUT2D eigenvalue weighted by Gasteiger charge is 2.32. The molecule has 6 heteroatoms. The number of H-pyrrole nitrogens is 1. The standard InChI is InChI=1S/C27H34N4O2/c1-20(26(32)30-15-11-22(12-16-30)19-21-7-3-2-4-8-21)29-17-13-23(14-18-29)31-25-10-6-5-9-24(25)28-27(31)33/h2-10,20,22-23H,11-19H2,1H3,(H,28,33). The van der Waals surface area contributed by atoms with Crippen molar-refractivity contribution in [2.24, 2.45) is 5.92 Å². The maximum absolute atomic E-state index is 13.2. The lowest BCUT2D eigenvalue weighted by atomic mass is 9.90. The summed E-state index contributed by atoms with van der Waals surface area (Å²) in [6.45, 7) is 5.46. The van der Waals surface area contributed by atoms with Crippen LogP contribution >= 0.6 is 0 Å². The number of para-hydroxylation sites is 2. The van der Waals surface area contributed by atoms with E-state index in [1.54, 1.807) is 0 Å². The van der Waals surface area contributed by atoms with Crippen molar-refractivity contribution in [3.63, 3.8) is 0 Å². The number of hydrogen-bond acceptors (Lipinski definition) is 3. The number of carbonyl (C=O) groups excluding carboxylic acids is 1. The largest absolute Gasteiger partial charge is 0.341 e. The molecule has 3 heterocycles. The van der Waals surface area contributed by atoms with E-state index in [1.807, 2.05) is 28.8 Å². The Morgan fingerprint density at radius 1 is 0.939 bits per heavy atom. The Labute approximate surface area is 195 Å². The van der Waals surface area contributed by atoms with Crippen LogP contribution in [-0.2, 0) is 11.2 Å². The maximum Gasteiger partial charge on any atom is 0.326 e. The van der Waals surface area contributed by atoms with Crippen molar-refractivity contribution in [1.82, 2.24) is 19.4 Å². The molecule has 1 unspecified atom stereocenters. The number of aromatic amines is 1. The van der Waals surface area contributed by atoms with Crippen molar-refractivity contribution in [1.29, 1.82) is 0 Å². The number of amides is 1. The zero-order chi connectivity index (χ0) is 22.8. The average Bonchev–Trinajstić information content (AvgIpc) is 3.20. The van der Waals surface area contributed by atoms with Gasteiger partial charge < -0.3 is 9.88 Å². The monoisotopic (exact) mass is 446 g/mol. The molecule has 0 radical (unpaired) electrons. The van der Waals surface area contributed by atoms with Gasteiger partial charge in [0.25, 0.3) is 0 Å². The highest BCUT2D eigenvalue weighted by atomic mass is 16.2. The second-order valence-electron chi connectivity index (χ2n) is 9.72. The van der Waals surface area contributed by atoms with Crippen LogP contribution in [0.1, 0.15) is 44.2 Å². The Kier molecular flexibility index (Phi) is 6.36. The topological polar surface area (TPSA) is 61.3 Å². The van der Waals surface area contributed by atoms with Gasteiger partial charge in [-0.3, -0.25) is 14.3 Å². The van der Waals surface area contributed by atoms with Crippen LogP contribution in [0.4, 0.5) is 0 Å². The molecule has 174 valence electrons. The molecule has 2 aliphatic heterocycles. The number of piperidine rings is 2. The molecule has 1 amide bonds. The SMILES string of the molecule is CC(C(=O)N1CCC(Cc2ccccc2)CC1)N1CCC(n2c(=O)[nH]c3ccccc32)CC1. The van der Waals surface area contributed by atoms with Crippen LogP contribution < -0.4 is 5.69 Å². The van der Waals surface area contributed by atoms with E-state index in [4.69, 9.17) is 0 Å². The summed E-state index contributed by atoms with van der Waals surface area (Å²) in [5.74, 6) is 0.924. The van der Waals surface area contributed by atoms with E-state index in [-0.39, 0.29) is 23.7 Å². The molecule has 2 aromatic carbocycles. The quantitative estimate of drug-likeness (QED) is 0.648. The van der Waals surface area contributed by atoms with Gasteiger partial charge in [0.2, 0.25) is 5.91 Å². The van der Waals surface area contributed by atoms with Crippen LogP contribution in [0.5, 0.6) is 0 Å². The van der Waals surface area contributed by atoms with E-state index in [1.165, 1.54) is 5.56 Å². The highest BCUT2D eigenvalue weighted by Crippen LogP contribution is 2.27. The minimum Gasteiger partial charge on any atom is -0.341 e. The van der Waals surface area contributed by atoms with Gasteiger partial charge in [-0.2, -0.15) is 0 Å². The van der Waals surface area contributed by atoms with Crippen LogP contribution in [-0.4, -0.2) is 57.5 Å². The van der Waals surface area contributed by atoms with Crippen molar-refractivity contribution in [3.8, 4) is 0 Å². The van der Waals surface area contributed by atoms with Gasteiger partial charge in [0.1, 0.15) is 0 Å². The van der Waals surface area contributed by atoms with E-state index in [0.717, 1.165) is 69.3 Å². The van der Waals surface area contributed by atoms with E-state index in [2.05, 4.69) is 52.0 Å². The molecule has 1 aromatic heterocycles. The molecule has 2 fully saturated rings. The van der Waals surface area contributed by atoms with Crippen molar-refractivity contribution in [2.75, 3.05) is 26.2 Å². The Bertz CT molecular complexity index is 1140. The minimum absolute atomic E-state index is 0.0304. The molecule has 0 spiro atoms. The molecule has 5 rings (SSSR count). The number of nitrogens with one attached hydrogen (secondary N) is 1. The molecule has 1 N–H and O–H groups in total. The van der Waals surface area contributed by atoms with Gasteiger partial charge in [-0.15, -0.1) is 0 Å². The van der Waals surface area contributed by atoms with Gasteiger partial charge in [-0.05, 0) is 62.6 Å². The lowest BCUT2D eigenvalue weighted by Gasteiger charge is -2.39. The molecule has 33 heavy (non-hydrogen) atoms. The molecule has 1 atom stereocenters. The van der Waals surface area contributed by atoms with Crippen molar-refractivity contribution in [2.45, 2.75) is 51.1 Å². The number of nitrogens with zero attached hydrogens (tertiary/aromatic N) is 3. The first-order chi connectivity index (χ1) is 16.1. The first-order valence-corrected chi connectivity index (χ1v) is 12.4. The van der Waals surface area contributed by atoms with E-state index in [0.29, 0.717) is 5.92 Å². The summed E-state index contributed by atoms with van der Waals surface area (Å²) < 4.78 is 1.91. The van der Waals surface area contributed by atoms with E-state index < -0.39 is 0 Å². The zero-order valence-corrected chi connectivity index (χ0v) is 19.5. The third-order valence-corrected chi connectivity index (χ3v) is 7.69. The molecule has 0 bridgehead atoms. The average molecular weight is 447 g/mol. The molecule has 3 aromatic rings. The predicted octanol–water partition coefficient (Wildman–Crippen LogP) is 3.84. The normalized spacial score (nSPS) is 19.7. The van der Waals surface area contributed by atoms with Gasteiger partial charge in [-0.25, -0.2) is 4.79 Å². The summed E-state index contributed by atoms with van der Waals surface area (Å²) in [6.07, 6.45) is 5.05. The molecule has 6 nitrogen and oxygen atoms in total. The Morgan fingerprint density at radius 2 is 1.61 bits per heavy atom. The van der Waals surface area contributed by atoms with E-state index >= 15 is 0 Å². The Morgan fingerprint density at radius 3 is 2.33 bits per heavy atom. The van der Waals surface area contributed by atoms with Crippen LogP contribution in [0, 0.1) is 5.92 Å². The Balaban J connectivity index is 1.14. The van der Waals surface area contributed by atoms with Gasteiger partial charge in [0.15, 0.2) is 0 Å². The second-order valence-corrected chi connectivity index (χ2v) is 9.72. The Hall–Kier alpha value is -2.86. The predicted molar refractivity (Wildman–Crippen MR) is 131 cm³/mol. The molecule has 0 aliphatic carbocycles. The number of fused-ring (bicyclic) bond motifs is 1. The summed E-state index contributed by atoms with van der Waals surface area (Å²) in [7, 11) is 0. The fourth-order valence-corrected chi connectivity index (χ4v) is 5.69. The van der Waals surface area contributed by atoms with Crippen molar-refractivity contribution in [3.05, 3.63) is 70.6 Å². The first-order valence-electron chi connectivity index (χ1n) is 12.4. The maximum atomic E-state index is 13.2. The van der Waals surface area contributed by atoms with Crippen LogP contribution in [0.15, 0.2) is 59.4 Å². The number of rotatable bonds is 5. The third kappa shape index (κ3) is 4.62.